The molecule has 192 valence electrons. The Balaban J connectivity index is 1.80. The molecule has 8 unspecified atom stereocenters. The predicted octanol–water partition coefficient (Wildman–Crippen LogP) is -4.65. The highest BCUT2D eigenvalue weighted by molar-refractivity contribution is 5.08. The monoisotopic (exact) mass is 479 g/mol. The quantitative estimate of drug-likeness (QED) is 0.163. The first-order chi connectivity index (χ1) is 15.3. The summed E-state index contributed by atoms with van der Waals surface area (Å²) in [7, 11) is 0. The van der Waals surface area contributed by atoms with Crippen LogP contribution in [0.5, 0.6) is 0 Å². The second-order valence-electron chi connectivity index (χ2n) is 9.28. The third-order valence-electron chi connectivity index (χ3n) is 6.52. The zero-order chi connectivity index (χ0) is 24.8. The van der Waals surface area contributed by atoms with Gasteiger partial charge in [-0.2, -0.15) is 0 Å². The molecular weight excluding hydrogens is 442 g/mol. The van der Waals surface area contributed by atoms with Crippen LogP contribution in [0.4, 0.5) is 0 Å². The third kappa shape index (κ3) is 5.26. The van der Waals surface area contributed by atoms with Gasteiger partial charge in [0, 0.05) is 12.1 Å². The molecule has 2 aliphatic heterocycles. The molecule has 0 radical (unpaired) electrons. The zero-order valence-corrected chi connectivity index (χ0v) is 18.6. The van der Waals surface area contributed by atoms with Crippen LogP contribution in [0.15, 0.2) is 12.2 Å². The molecule has 0 aromatic carbocycles. The Labute approximate surface area is 191 Å². The van der Waals surface area contributed by atoms with E-state index in [4.69, 9.17) is 36.1 Å². The van der Waals surface area contributed by atoms with Gasteiger partial charge in [-0.15, -0.1) is 0 Å². The molecule has 3 fully saturated rings. The number of aliphatic hydroxyl groups is 6. The summed E-state index contributed by atoms with van der Waals surface area (Å²) in [6.07, 6.45) is -15.0. The van der Waals surface area contributed by atoms with Crippen LogP contribution in [0.3, 0.4) is 0 Å². The molecule has 15 atom stereocenters. The van der Waals surface area contributed by atoms with Gasteiger partial charge in [-0.05, 0) is 25.8 Å². The number of hydrogen-bond donors (Lipinski definition) is 9. The fourth-order valence-electron chi connectivity index (χ4n) is 4.51. The molecule has 1 aliphatic carbocycles. The van der Waals surface area contributed by atoms with E-state index in [1.54, 1.807) is 6.92 Å². The van der Waals surface area contributed by atoms with Gasteiger partial charge in [-0.25, -0.2) is 0 Å². The smallest absolute Gasteiger partial charge is 0.187 e. The minimum absolute atomic E-state index is 0.143. The predicted molar refractivity (Wildman–Crippen MR) is 112 cm³/mol. The van der Waals surface area contributed by atoms with Crippen LogP contribution in [0.1, 0.15) is 20.3 Å². The lowest BCUT2D eigenvalue weighted by Gasteiger charge is -2.47. The van der Waals surface area contributed by atoms with Gasteiger partial charge in [0.2, 0.25) is 0 Å². The summed E-state index contributed by atoms with van der Waals surface area (Å²) < 4.78 is 22.9. The summed E-state index contributed by atoms with van der Waals surface area (Å²) in [5.74, 6) is 0. The van der Waals surface area contributed by atoms with Crippen LogP contribution < -0.4 is 17.2 Å². The zero-order valence-electron chi connectivity index (χ0n) is 18.6. The summed E-state index contributed by atoms with van der Waals surface area (Å²) >= 11 is 0. The van der Waals surface area contributed by atoms with Crippen molar-refractivity contribution in [3.8, 4) is 0 Å². The Morgan fingerprint density at radius 1 is 0.848 bits per heavy atom. The number of hydrogen-bond acceptors (Lipinski definition) is 13. The Morgan fingerprint density at radius 2 is 1.45 bits per heavy atom. The molecular formula is C20H37N3O10. The molecule has 0 amide bonds. The maximum absolute atomic E-state index is 10.7. The molecule has 33 heavy (non-hydrogen) atoms. The Hall–Kier alpha value is -0.780. The van der Waals surface area contributed by atoms with Crippen LogP contribution in [0.2, 0.25) is 0 Å². The minimum atomic E-state index is -1.47. The van der Waals surface area contributed by atoms with Gasteiger partial charge < -0.3 is 66.8 Å². The first-order valence-electron chi connectivity index (χ1n) is 11.0. The first-order valence-corrected chi connectivity index (χ1v) is 11.0. The molecule has 0 aromatic heterocycles. The van der Waals surface area contributed by atoms with Gasteiger partial charge >= 0.3 is 0 Å². The van der Waals surface area contributed by atoms with E-state index in [1.807, 2.05) is 0 Å². The van der Waals surface area contributed by atoms with Gasteiger partial charge in [0.15, 0.2) is 12.6 Å². The maximum Gasteiger partial charge on any atom is 0.187 e. The Morgan fingerprint density at radius 3 is 2.00 bits per heavy atom. The first kappa shape index (κ1) is 26.8. The molecule has 3 rings (SSSR count). The van der Waals surface area contributed by atoms with E-state index in [-0.39, 0.29) is 6.42 Å². The highest BCUT2D eigenvalue weighted by Crippen LogP contribution is 2.33. The highest BCUT2D eigenvalue weighted by Gasteiger charge is 2.52. The summed E-state index contributed by atoms with van der Waals surface area (Å²) in [5.41, 5.74) is 18.7. The molecule has 0 bridgehead atoms. The Bertz CT molecular complexity index is 686. The van der Waals surface area contributed by atoms with E-state index < -0.39 is 91.7 Å². The van der Waals surface area contributed by atoms with E-state index in [9.17, 15) is 30.6 Å². The summed E-state index contributed by atoms with van der Waals surface area (Å²) in [5, 5.41) is 61.7. The minimum Gasteiger partial charge on any atom is -0.391 e. The number of aliphatic hydroxyl groups excluding tert-OH is 6. The molecule has 0 aromatic rings. The van der Waals surface area contributed by atoms with Crippen molar-refractivity contribution in [2.24, 2.45) is 17.2 Å². The Kier molecular flexibility index (Phi) is 8.50. The largest absolute Gasteiger partial charge is 0.391 e. The molecule has 1 saturated carbocycles. The average Bonchev–Trinajstić information content (AvgIpc) is 3.02. The molecule has 13 heteroatoms. The lowest BCUT2D eigenvalue weighted by molar-refractivity contribution is -0.315. The summed E-state index contributed by atoms with van der Waals surface area (Å²) in [6, 6.07) is -2.78. The van der Waals surface area contributed by atoms with E-state index in [2.05, 4.69) is 6.58 Å². The molecule has 0 spiro atoms. The fraction of sp³-hybridized carbons (Fsp3) is 0.900. The van der Waals surface area contributed by atoms with Crippen molar-refractivity contribution in [1.29, 1.82) is 0 Å². The molecule has 3 aliphatic rings. The van der Waals surface area contributed by atoms with Gasteiger partial charge in [0.25, 0.3) is 0 Å². The molecule has 12 N–H and O–H groups in total. The van der Waals surface area contributed by atoms with Crippen molar-refractivity contribution in [2.45, 2.75) is 112 Å². The lowest BCUT2D eigenvalue weighted by Crippen LogP contribution is -2.68. The van der Waals surface area contributed by atoms with Crippen molar-refractivity contribution < 1.29 is 49.6 Å². The van der Waals surface area contributed by atoms with Crippen molar-refractivity contribution in [3.05, 3.63) is 12.2 Å². The van der Waals surface area contributed by atoms with Crippen LogP contribution >= 0.6 is 0 Å². The molecule has 13 nitrogen and oxygen atoms in total. The van der Waals surface area contributed by atoms with Gasteiger partial charge in [-0.3, -0.25) is 0 Å². The van der Waals surface area contributed by atoms with Gasteiger partial charge in [0.05, 0.1) is 18.2 Å². The highest BCUT2D eigenvalue weighted by atomic mass is 16.7. The number of rotatable bonds is 6. The standard InChI is InChI=1S/C20H37N3O10/c1-5(2)15-13(28)14(29)20(30-15)33-18-10(25)7(21)4-8(22)17(18)32-19-9(23)11(26)12(27)16(31-19)6(3)24/h6-20,24-29H,1,4,21-23H2,2-3H3/t6-,7-,8?,9?,10?,11?,12+,13?,14?,15-,16?,17-,18?,19-,20+/m1/s1. The van der Waals surface area contributed by atoms with Crippen LogP contribution in [-0.2, 0) is 18.9 Å². The lowest BCUT2D eigenvalue weighted by atomic mass is 9.84. The van der Waals surface area contributed by atoms with Gasteiger partial charge in [-0.1, -0.05) is 6.58 Å². The summed E-state index contributed by atoms with van der Waals surface area (Å²) in [4.78, 5) is 0. The topological polar surface area (TPSA) is 236 Å². The SMILES string of the molecule is C=C(C)[C@H]1O[C@@H](OC2C(O)[C@H](N)CC(N)[C@H]2O[C@H]2OC([C@@H](C)O)[C@@H](O)C(O)C2N)C(O)C1O. The normalized spacial score (nSPS) is 52.0. The van der Waals surface area contributed by atoms with Crippen LogP contribution in [0.25, 0.3) is 0 Å². The number of nitrogens with two attached hydrogens (primary N) is 3. The second-order valence-corrected chi connectivity index (χ2v) is 9.28. The maximum atomic E-state index is 10.7. The number of ether oxygens (including phenoxy) is 4. The van der Waals surface area contributed by atoms with E-state index in [1.165, 1.54) is 6.92 Å². The molecule has 2 saturated heterocycles. The second kappa shape index (κ2) is 10.5. The molecule has 2 heterocycles. The van der Waals surface area contributed by atoms with Crippen molar-refractivity contribution in [3.63, 3.8) is 0 Å². The van der Waals surface area contributed by atoms with E-state index in [0.29, 0.717) is 5.57 Å². The van der Waals surface area contributed by atoms with Crippen molar-refractivity contribution >= 4 is 0 Å². The van der Waals surface area contributed by atoms with E-state index >= 15 is 0 Å². The average molecular weight is 480 g/mol. The van der Waals surface area contributed by atoms with E-state index in [0.717, 1.165) is 0 Å². The van der Waals surface area contributed by atoms with Crippen LogP contribution in [-0.4, -0.2) is 122 Å². The fourth-order valence-corrected chi connectivity index (χ4v) is 4.51. The van der Waals surface area contributed by atoms with Gasteiger partial charge in [0.1, 0.15) is 48.8 Å². The third-order valence-corrected chi connectivity index (χ3v) is 6.52. The summed E-state index contributed by atoms with van der Waals surface area (Å²) in [6.45, 7) is 6.71. The van der Waals surface area contributed by atoms with Crippen LogP contribution in [0, 0.1) is 0 Å². The van der Waals surface area contributed by atoms with Crippen molar-refractivity contribution in [2.75, 3.05) is 0 Å². The van der Waals surface area contributed by atoms with Crippen molar-refractivity contribution in [1.82, 2.24) is 0 Å².